The van der Waals surface area contributed by atoms with Crippen LogP contribution < -0.4 is 10.6 Å². The summed E-state index contributed by atoms with van der Waals surface area (Å²) in [5.74, 6) is 2.64. The van der Waals surface area contributed by atoms with E-state index in [0.717, 1.165) is 43.6 Å². The summed E-state index contributed by atoms with van der Waals surface area (Å²) in [6.07, 6.45) is 5.51. The van der Waals surface area contributed by atoms with Gasteiger partial charge < -0.3 is 10.6 Å². The van der Waals surface area contributed by atoms with Gasteiger partial charge in [-0.15, -0.1) is 0 Å². The van der Waals surface area contributed by atoms with Crippen LogP contribution in [0.1, 0.15) is 25.1 Å². The number of hydrogen-bond donors (Lipinski definition) is 1. The van der Waals surface area contributed by atoms with Crippen molar-refractivity contribution in [1.82, 2.24) is 9.97 Å². The molecule has 0 bridgehead atoms. The molecule has 88 valence electrons. The Balaban J connectivity index is 2.03. The minimum absolute atomic E-state index is 0.731. The fraction of sp³-hybridized carbons (Fsp3) is 0.667. The first-order chi connectivity index (χ1) is 7.79. The number of aromatic nitrogens is 2. The van der Waals surface area contributed by atoms with E-state index < -0.39 is 0 Å². The van der Waals surface area contributed by atoms with Crippen molar-refractivity contribution in [3.05, 3.63) is 18.1 Å². The molecule has 2 rings (SSSR count). The molecule has 1 fully saturated rings. The molecule has 1 aliphatic rings. The Morgan fingerprint density at radius 2 is 2.44 bits per heavy atom. The molecule has 2 N–H and O–H groups in total. The lowest BCUT2D eigenvalue weighted by atomic mass is 9.95. The molecule has 0 amide bonds. The predicted molar refractivity (Wildman–Crippen MR) is 65.4 cm³/mol. The van der Waals surface area contributed by atoms with Gasteiger partial charge >= 0.3 is 0 Å². The second-order valence-corrected chi connectivity index (χ2v) is 4.49. The Hall–Kier alpha value is -1.16. The van der Waals surface area contributed by atoms with E-state index >= 15 is 0 Å². The zero-order chi connectivity index (χ0) is 11.4. The van der Waals surface area contributed by atoms with Gasteiger partial charge in [-0.2, -0.15) is 0 Å². The zero-order valence-electron chi connectivity index (χ0n) is 9.89. The van der Waals surface area contributed by atoms with Gasteiger partial charge in [0, 0.05) is 19.3 Å². The highest BCUT2D eigenvalue weighted by Crippen LogP contribution is 2.22. The third-order valence-electron chi connectivity index (χ3n) is 3.18. The lowest BCUT2D eigenvalue weighted by Gasteiger charge is -2.33. The quantitative estimate of drug-likeness (QED) is 0.835. The largest absolute Gasteiger partial charge is 0.356 e. The second-order valence-electron chi connectivity index (χ2n) is 4.49. The molecular weight excluding hydrogens is 200 g/mol. The van der Waals surface area contributed by atoms with Gasteiger partial charge in [-0.25, -0.2) is 9.97 Å². The molecule has 0 saturated carbocycles. The van der Waals surface area contributed by atoms with Gasteiger partial charge in [-0.1, -0.05) is 0 Å². The monoisotopic (exact) mass is 220 g/mol. The highest BCUT2D eigenvalue weighted by molar-refractivity contribution is 5.37. The molecule has 2 heterocycles. The fourth-order valence-electron chi connectivity index (χ4n) is 2.36. The topological polar surface area (TPSA) is 55.0 Å². The maximum Gasteiger partial charge on any atom is 0.132 e. The maximum absolute atomic E-state index is 5.62. The third kappa shape index (κ3) is 2.70. The lowest BCUT2D eigenvalue weighted by Crippen LogP contribution is -2.36. The van der Waals surface area contributed by atoms with Crippen LogP contribution in [-0.2, 0) is 0 Å². The Bertz CT molecular complexity index is 338. The Morgan fingerprint density at radius 3 is 3.19 bits per heavy atom. The molecule has 16 heavy (non-hydrogen) atoms. The Morgan fingerprint density at radius 1 is 1.56 bits per heavy atom. The first kappa shape index (κ1) is 11.3. The third-order valence-corrected chi connectivity index (χ3v) is 3.18. The van der Waals surface area contributed by atoms with Crippen LogP contribution in [0.2, 0.25) is 0 Å². The van der Waals surface area contributed by atoms with Crippen LogP contribution in [0.4, 0.5) is 5.82 Å². The SMILES string of the molecule is Cc1nccc(N2CCCC(CCN)C2)n1. The summed E-state index contributed by atoms with van der Waals surface area (Å²) in [7, 11) is 0. The van der Waals surface area contributed by atoms with E-state index in [1.807, 2.05) is 19.2 Å². The van der Waals surface area contributed by atoms with E-state index in [0.29, 0.717) is 0 Å². The minimum Gasteiger partial charge on any atom is -0.356 e. The molecule has 1 saturated heterocycles. The summed E-state index contributed by atoms with van der Waals surface area (Å²) in [4.78, 5) is 11.0. The number of nitrogens with two attached hydrogens (primary N) is 1. The second kappa shape index (κ2) is 5.25. The Kier molecular flexibility index (Phi) is 3.72. The van der Waals surface area contributed by atoms with Gasteiger partial charge in [0.25, 0.3) is 0 Å². The molecule has 0 aromatic carbocycles. The zero-order valence-corrected chi connectivity index (χ0v) is 9.89. The molecule has 0 spiro atoms. The first-order valence-corrected chi connectivity index (χ1v) is 6.04. The number of anilines is 1. The average molecular weight is 220 g/mol. The van der Waals surface area contributed by atoms with Crippen molar-refractivity contribution in [2.24, 2.45) is 11.7 Å². The summed E-state index contributed by atoms with van der Waals surface area (Å²) in [5.41, 5.74) is 5.62. The van der Waals surface area contributed by atoms with Crippen LogP contribution in [0.25, 0.3) is 0 Å². The highest BCUT2D eigenvalue weighted by Gasteiger charge is 2.20. The molecule has 1 aromatic heterocycles. The van der Waals surface area contributed by atoms with Crippen molar-refractivity contribution in [3.8, 4) is 0 Å². The van der Waals surface area contributed by atoms with Gasteiger partial charge in [-0.05, 0) is 44.7 Å². The van der Waals surface area contributed by atoms with Crippen molar-refractivity contribution < 1.29 is 0 Å². The number of piperidine rings is 1. The normalized spacial score (nSPS) is 21.1. The van der Waals surface area contributed by atoms with Crippen molar-refractivity contribution in [1.29, 1.82) is 0 Å². The van der Waals surface area contributed by atoms with E-state index in [1.54, 1.807) is 0 Å². The standard InChI is InChI=1S/C12H20N4/c1-10-14-7-5-12(15-10)16-8-2-3-11(9-16)4-6-13/h5,7,11H,2-4,6,8-9,13H2,1H3. The van der Waals surface area contributed by atoms with E-state index in [2.05, 4.69) is 14.9 Å². The van der Waals surface area contributed by atoms with Gasteiger partial charge in [0.2, 0.25) is 0 Å². The molecule has 1 unspecified atom stereocenters. The highest BCUT2D eigenvalue weighted by atomic mass is 15.2. The number of rotatable bonds is 3. The summed E-state index contributed by atoms with van der Waals surface area (Å²) in [5, 5.41) is 0. The van der Waals surface area contributed by atoms with Crippen molar-refractivity contribution >= 4 is 5.82 Å². The van der Waals surface area contributed by atoms with Crippen LogP contribution in [0.5, 0.6) is 0 Å². The molecule has 1 atom stereocenters. The van der Waals surface area contributed by atoms with Crippen LogP contribution in [0.3, 0.4) is 0 Å². The van der Waals surface area contributed by atoms with Crippen LogP contribution in [-0.4, -0.2) is 29.6 Å². The first-order valence-electron chi connectivity index (χ1n) is 6.04. The van der Waals surface area contributed by atoms with Crippen molar-refractivity contribution in [3.63, 3.8) is 0 Å². The van der Waals surface area contributed by atoms with Gasteiger partial charge in [0.15, 0.2) is 0 Å². The minimum atomic E-state index is 0.731. The molecule has 0 aliphatic carbocycles. The van der Waals surface area contributed by atoms with E-state index in [-0.39, 0.29) is 0 Å². The van der Waals surface area contributed by atoms with Crippen LogP contribution in [0, 0.1) is 12.8 Å². The van der Waals surface area contributed by atoms with Gasteiger partial charge in [-0.3, -0.25) is 0 Å². The van der Waals surface area contributed by atoms with Crippen molar-refractivity contribution in [2.45, 2.75) is 26.2 Å². The smallest absolute Gasteiger partial charge is 0.132 e. The molecule has 4 nitrogen and oxygen atoms in total. The lowest BCUT2D eigenvalue weighted by molar-refractivity contribution is 0.394. The summed E-state index contributed by atoms with van der Waals surface area (Å²) in [6, 6.07) is 2.00. The van der Waals surface area contributed by atoms with E-state index in [1.165, 1.54) is 12.8 Å². The Labute approximate surface area is 96.9 Å². The number of hydrogen-bond acceptors (Lipinski definition) is 4. The molecule has 1 aromatic rings. The summed E-state index contributed by atoms with van der Waals surface area (Å²) < 4.78 is 0. The van der Waals surface area contributed by atoms with Crippen LogP contribution >= 0.6 is 0 Å². The van der Waals surface area contributed by atoms with Crippen molar-refractivity contribution in [2.75, 3.05) is 24.5 Å². The molecule has 4 heteroatoms. The fourth-order valence-corrected chi connectivity index (χ4v) is 2.36. The van der Waals surface area contributed by atoms with Gasteiger partial charge in [0.05, 0.1) is 0 Å². The average Bonchev–Trinajstić information content (AvgIpc) is 2.30. The maximum atomic E-state index is 5.62. The summed E-state index contributed by atoms with van der Waals surface area (Å²) in [6.45, 7) is 4.93. The number of aryl methyl sites for hydroxylation is 1. The van der Waals surface area contributed by atoms with E-state index in [4.69, 9.17) is 5.73 Å². The van der Waals surface area contributed by atoms with Crippen LogP contribution in [0.15, 0.2) is 12.3 Å². The predicted octanol–water partition coefficient (Wildman–Crippen LogP) is 1.35. The summed E-state index contributed by atoms with van der Waals surface area (Å²) >= 11 is 0. The number of nitrogens with zero attached hydrogens (tertiary/aromatic N) is 3. The molecular formula is C12H20N4. The van der Waals surface area contributed by atoms with E-state index in [9.17, 15) is 0 Å². The van der Waals surface area contributed by atoms with Gasteiger partial charge in [0.1, 0.15) is 11.6 Å². The molecule has 1 aliphatic heterocycles. The molecule has 0 radical (unpaired) electrons.